The summed E-state index contributed by atoms with van der Waals surface area (Å²) >= 11 is 12.0. The van der Waals surface area contributed by atoms with Crippen molar-refractivity contribution in [3.05, 3.63) is 63.6 Å². The van der Waals surface area contributed by atoms with Crippen LogP contribution in [0.4, 0.5) is 0 Å². The summed E-state index contributed by atoms with van der Waals surface area (Å²) < 4.78 is 10.9. The van der Waals surface area contributed by atoms with E-state index in [2.05, 4.69) is 0 Å². The Morgan fingerprint density at radius 2 is 1.78 bits per heavy atom. The number of carbonyl (C=O) groups excluding carboxylic acids is 2. The van der Waals surface area contributed by atoms with Crippen molar-refractivity contribution in [2.75, 3.05) is 19.7 Å². The number of amides is 1. The Labute approximate surface area is 167 Å². The minimum Gasteiger partial charge on any atom is -0.488 e. The SMILES string of the molecule is O=C(OCC(=O)N1CCCC1)c1ccccc1OCc1ccc(Cl)cc1Cl. The number of ether oxygens (including phenoxy) is 2. The largest absolute Gasteiger partial charge is 0.488 e. The van der Waals surface area contributed by atoms with E-state index in [9.17, 15) is 9.59 Å². The van der Waals surface area contributed by atoms with Gasteiger partial charge in [0.15, 0.2) is 6.61 Å². The fourth-order valence-electron chi connectivity index (χ4n) is 2.82. The predicted octanol–water partition coefficient (Wildman–Crippen LogP) is 4.35. The highest BCUT2D eigenvalue weighted by atomic mass is 35.5. The lowest BCUT2D eigenvalue weighted by molar-refractivity contribution is -0.133. The van der Waals surface area contributed by atoms with Crippen LogP contribution in [0.25, 0.3) is 0 Å². The molecule has 1 amide bonds. The molecule has 0 aromatic heterocycles. The van der Waals surface area contributed by atoms with E-state index < -0.39 is 5.97 Å². The van der Waals surface area contributed by atoms with Crippen molar-refractivity contribution in [3.8, 4) is 5.75 Å². The Bertz CT molecular complexity index is 834. The first-order valence-corrected chi connectivity index (χ1v) is 9.41. The van der Waals surface area contributed by atoms with Crippen LogP contribution in [0.2, 0.25) is 10.0 Å². The Morgan fingerprint density at radius 1 is 1.04 bits per heavy atom. The molecule has 0 atom stereocenters. The summed E-state index contributed by atoms with van der Waals surface area (Å²) in [6.45, 7) is 1.35. The van der Waals surface area contributed by atoms with Crippen LogP contribution in [-0.4, -0.2) is 36.5 Å². The number of para-hydroxylation sites is 1. The quantitative estimate of drug-likeness (QED) is 0.667. The molecule has 27 heavy (non-hydrogen) atoms. The molecule has 0 bridgehead atoms. The number of benzene rings is 2. The van der Waals surface area contributed by atoms with Crippen molar-refractivity contribution in [2.45, 2.75) is 19.4 Å². The molecule has 0 aliphatic carbocycles. The topological polar surface area (TPSA) is 55.8 Å². The van der Waals surface area contributed by atoms with Gasteiger partial charge in [0.2, 0.25) is 0 Å². The summed E-state index contributed by atoms with van der Waals surface area (Å²) in [7, 11) is 0. The third-order valence-corrected chi connectivity index (χ3v) is 4.88. The minimum absolute atomic E-state index is 0.174. The first-order chi connectivity index (χ1) is 13.0. The van der Waals surface area contributed by atoms with E-state index in [4.69, 9.17) is 32.7 Å². The number of esters is 1. The van der Waals surface area contributed by atoms with Crippen LogP contribution < -0.4 is 4.74 Å². The molecule has 1 aliphatic rings. The normalized spacial score (nSPS) is 13.5. The zero-order valence-corrected chi connectivity index (χ0v) is 16.1. The molecule has 0 N–H and O–H groups in total. The average Bonchev–Trinajstić information content (AvgIpc) is 3.20. The molecule has 1 saturated heterocycles. The van der Waals surface area contributed by atoms with Gasteiger partial charge in [-0.2, -0.15) is 0 Å². The number of carbonyl (C=O) groups is 2. The molecule has 2 aromatic rings. The molecule has 2 aromatic carbocycles. The van der Waals surface area contributed by atoms with E-state index in [0.29, 0.717) is 15.8 Å². The standard InChI is InChI=1S/C20H19Cl2NO4/c21-15-8-7-14(17(22)11-15)12-26-18-6-2-1-5-16(18)20(25)27-13-19(24)23-9-3-4-10-23/h1-2,5-8,11H,3-4,9-10,12-13H2. The highest BCUT2D eigenvalue weighted by molar-refractivity contribution is 6.35. The third-order valence-electron chi connectivity index (χ3n) is 4.29. The lowest BCUT2D eigenvalue weighted by Crippen LogP contribution is -2.32. The summed E-state index contributed by atoms with van der Waals surface area (Å²) in [5.41, 5.74) is 1.00. The number of hydrogen-bond donors (Lipinski definition) is 0. The highest BCUT2D eigenvalue weighted by Crippen LogP contribution is 2.25. The summed E-state index contributed by atoms with van der Waals surface area (Å²) in [6.07, 6.45) is 1.98. The average molecular weight is 408 g/mol. The van der Waals surface area contributed by atoms with Crippen LogP contribution in [0.3, 0.4) is 0 Å². The summed E-state index contributed by atoms with van der Waals surface area (Å²) in [5.74, 6) is -0.408. The Kier molecular flexibility index (Phi) is 6.58. The van der Waals surface area contributed by atoms with E-state index in [1.165, 1.54) is 0 Å². The molecule has 0 saturated carbocycles. The number of likely N-dealkylation sites (tertiary alicyclic amines) is 1. The van der Waals surface area contributed by atoms with Gasteiger partial charge in [0, 0.05) is 28.7 Å². The highest BCUT2D eigenvalue weighted by Gasteiger charge is 2.21. The molecule has 5 nitrogen and oxygen atoms in total. The van der Waals surface area contributed by atoms with Crippen LogP contribution in [0.5, 0.6) is 5.75 Å². The maximum atomic E-state index is 12.4. The fourth-order valence-corrected chi connectivity index (χ4v) is 3.28. The van der Waals surface area contributed by atoms with Crippen LogP contribution >= 0.6 is 23.2 Å². The summed E-state index contributed by atoms with van der Waals surface area (Å²) in [5, 5.41) is 1.02. The lowest BCUT2D eigenvalue weighted by atomic mass is 10.2. The monoisotopic (exact) mass is 407 g/mol. The van der Waals surface area contributed by atoms with Crippen molar-refractivity contribution in [2.24, 2.45) is 0 Å². The van der Waals surface area contributed by atoms with Crippen molar-refractivity contribution in [1.82, 2.24) is 4.90 Å². The second-order valence-corrected chi connectivity index (χ2v) is 7.03. The second kappa shape index (κ2) is 9.11. The molecule has 1 aliphatic heterocycles. The minimum atomic E-state index is -0.597. The van der Waals surface area contributed by atoms with E-state index in [-0.39, 0.29) is 24.7 Å². The zero-order chi connectivity index (χ0) is 19.2. The van der Waals surface area contributed by atoms with Gasteiger partial charge in [0.25, 0.3) is 5.91 Å². The number of rotatable bonds is 6. The fraction of sp³-hybridized carbons (Fsp3) is 0.300. The summed E-state index contributed by atoms with van der Waals surface area (Å²) in [4.78, 5) is 26.1. The first-order valence-electron chi connectivity index (χ1n) is 8.65. The van der Waals surface area contributed by atoms with Gasteiger partial charge in [-0.25, -0.2) is 4.79 Å². The molecular weight excluding hydrogens is 389 g/mol. The molecule has 0 radical (unpaired) electrons. The van der Waals surface area contributed by atoms with E-state index in [0.717, 1.165) is 31.5 Å². The van der Waals surface area contributed by atoms with Gasteiger partial charge in [-0.15, -0.1) is 0 Å². The van der Waals surface area contributed by atoms with Crippen molar-refractivity contribution in [3.63, 3.8) is 0 Å². The number of hydrogen-bond acceptors (Lipinski definition) is 4. The number of nitrogens with zero attached hydrogens (tertiary/aromatic N) is 1. The van der Waals surface area contributed by atoms with Crippen LogP contribution in [-0.2, 0) is 16.1 Å². The van der Waals surface area contributed by atoms with Gasteiger partial charge in [-0.1, -0.05) is 41.4 Å². The van der Waals surface area contributed by atoms with Crippen molar-refractivity contribution >= 4 is 35.1 Å². The van der Waals surface area contributed by atoms with Gasteiger partial charge in [0.1, 0.15) is 17.9 Å². The molecular formula is C20H19Cl2NO4. The van der Waals surface area contributed by atoms with Gasteiger partial charge in [-0.05, 0) is 37.1 Å². The molecule has 0 spiro atoms. The lowest BCUT2D eigenvalue weighted by Gasteiger charge is -2.16. The van der Waals surface area contributed by atoms with E-state index >= 15 is 0 Å². The van der Waals surface area contributed by atoms with Gasteiger partial charge in [0.05, 0.1) is 0 Å². The van der Waals surface area contributed by atoms with Crippen molar-refractivity contribution < 1.29 is 19.1 Å². The molecule has 1 fully saturated rings. The smallest absolute Gasteiger partial charge is 0.342 e. The predicted molar refractivity (Wildman–Crippen MR) is 103 cm³/mol. The molecule has 142 valence electrons. The van der Waals surface area contributed by atoms with Gasteiger partial charge >= 0.3 is 5.97 Å². The van der Waals surface area contributed by atoms with Crippen molar-refractivity contribution in [1.29, 1.82) is 0 Å². The molecule has 3 rings (SSSR count). The summed E-state index contributed by atoms with van der Waals surface area (Å²) in [6, 6.07) is 11.8. The first kappa shape index (κ1) is 19.5. The Morgan fingerprint density at radius 3 is 2.52 bits per heavy atom. The maximum Gasteiger partial charge on any atom is 0.342 e. The third kappa shape index (κ3) is 5.15. The van der Waals surface area contributed by atoms with Gasteiger partial charge in [-0.3, -0.25) is 4.79 Å². The van der Waals surface area contributed by atoms with Crippen LogP contribution in [0.15, 0.2) is 42.5 Å². The maximum absolute atomic E-state index is 12.4. The Hall–Kier alpha value is -2.24. The van der Waals surface area contributed by atoms with Crippen LogP contribution in [0.1, 0.15) is 28.8 Å². The molecule has 1 heterocycles. The van der Waals surface area contributed by atoms with E-state index in [1.807, 2.05) is 0 Å². The van der Waals surface area contributed by atoms with Crippen LogP contribution in [0, 0.1) is 0 Å². The van der Waals surface area contributed by atoms with Gasteiger partial charge < -0.3 is 14.4 Å². The number of halogens is 2. The second-order valence-electron chi connectivity index (χ2n) is 6.18. The zero-order valence-electron chi connectivity index (χ0n) is 14.6. The molecule has 0 unspecified atom stereocenters. The van der Waals surface area contributed by atoms with E-state index in [1.54, 1.807) is 47.4 Å². The molecule has 7 heteroatoms. The Balaban J connectivity index is 1.62.